The summed E-state index contributed by atoms with van der Waals surface area (Å²) in [5, 5.41) is 21.3. The summed E-state index contributed by atoms with van der Waals surface area (Å²) in [7, 11) is 0. The van der Waals surface area contributed by atoms with E-state index in [1.165, 1.54) is 43.5 Å². The molecule has 3 nitrogen and oxygen atoms in total. The zero-order valence-electron chi connectivity index (χ0n) is 21.6. The third kappa shape index (κ3) is 7.06. The van der Waals surface area contributed by atoms with Gasteiger partial charge in [-0.05, 0) is 94.3 Å². The molecule has 4 rings (SSSR count). The van der Waals surface area contributed by atoms with Crippen molar-refractivity contribution in [3.8, 4) is 0 Å². The fourth-order valence-electron chi connectivity index (χ4n) is 6.49. The van der Waals surface area contributed by atoms with Crippen LogP contribution in [0.15, 0.2) is 48.1 Å². The second kappa shape index (κ2) is 12.0. The number of nitrogens with zero attached hydrogens (tertiary/aromatic N) is 1. The van der Waals surface area contributed by atoms with E-state index in [1.54, 1.807) is 5.57 Å². The Morgan fingerprint density at radius 2 is 1.91 bits per heavy atom. The Labute approximate surface area is 208 Å². The van der Waals surface area contributed by atoms with Crippen LogP contribution < -0.4 is 0 Å². The van der Waals surface area contributed by atoms with Crippen LogP contribution in [0.25, 0.3) is 0 Å². The molecule has 1 heterocycles. The lowest BCUT2D eigenvalue weighted by atomic mass is 9.87. The molecule has 0 radical (unpaired) electrons. The van der Waals surface area contributed by atoms with Crippen molar-refractivity contribution in [1.82, 2.24) is 4.90 Å². The first kappa shape index (κ1) is 25.7. The highest BCUT2D eigenvalue weighted by Crippen LogP contribution is 2.48. The first-order chi connectivity index (χ1) is 16.4. The molecule has 2 aliphatic carbocycles. The topological polar surface area (TPSA) is 43.7 Å². The van der Waals surface area contributed by atoms with Gasteiger partial charge in [0.2, 0.25) is 0 Å². The van der Waals surface area contributed by atoms with Gasteiger partial charge in [-0.3, -0.25) is 4.90 Å². The molecular formula is C31H47NO2. The molecule has 34 heavy (non-hydrogen) atoms. The van der Waals surface area contributed by atoms with Gasteiger partial charge in [-0.25, -0.2) is 0 Å². The monoisotopic (exact) mass is 465 g/mol. The maximum absolute atomic E-state index is 10.7. The zero-order chi connectivity index (χ0) is 24.0. The zero-order valence-corrected chi connectivity index (χ0v) is 21.6. The Balaban J connectivity index is 1.27. The second-order valence-corrected chi connectivity index (χ2v) is 11.6. The molecule has 2 fully saturated rings. The van der Waals surface area contributed by atoms with Crippen LogP contribution in [-0.4, -0.2) is 39.9 Å². The van der Waals surface area contributed by atoms with Crippen LogP contribution in [0.3, 0.4) is 0 Å². The Kier molecular flexibility index (Phi) is 9.07. The van der Waals surface area contributed by atoms with E-state index in [9.17, 15) is 10.2 Å². The maximum atomic E-state index is 10.7. The summed E-state index contributed by atoms with van der Waals surface area (Å²) >= 11 is 0. The lowest BCUT2D eigenvalue weighted by molar-refractivity contribution is 0.0513. The molecule has 5 atom stereocenters. The summed E-state index contributed by atoms with van der Waals surface area (Å²) < 4.78 is 0. The summed E-state index contributed by atoms with van der Waals surface area (Å²) in [4.78, 5) is 2.60. The van der Waals surface area contributed by atoms with E-state index in [0.29, 0.717) is 18.3 Å². The molecule has 1 aromatic carbocycles. The molecule has 0 aromatic heterocycles. The van der Waals surface area contributed by atoms with Gasteiger partial charge in [-0.2, -0.15) is 0 Å². The van der Waals surface area contributed by atoms with E-state index in [0.717, 1.165) is 51.5 Å². The van der Waals surface area contributed by atoms with Crippen LogP contribution >= 0.6 is 0 Å². The number of rotatable bonds is 11. The molecule has 3 aliphatic rings. The van der Waals surface area contributed by atoms with Gasteiger partial charge in [-0.1, -0.05) is 74.3 Å². The molecular weight excluding hydrogens is 418 g/mol. The van der Waals surface area contributed by atoms with E-state index < -0.39 is 5.60 Å². The fraction of sp³-hybridized carbons (Fsp3) is 0.677. The Hall–Kier alpha value is -1.42. The largest absolute Gasteiger partial charge is 0.392 e. The van der Waals surface area contributed by atoms with Gasteiger partial charge in [0.1, 0.15) is 0 Å². The number of likely N-dealkylation sites (tertiary alicyclic amines) is 1. The van der Waals surface area contributed by atoms with Crippen molar-refractivity contribution in [3.05, 3.63) is 59.2 Å². The van der Waals surface area contributed by atoms with Gasteiger partial charge in [0.05, 0.1) is 11.7 Å². The Morgan fingerprint density at radius 3 is 2.71 bits per heavy atom. The molecule has 0 amide bonds. The molecule has 0 unspecified atom stereocenters. The number of hydrogen-bond donors (Lipinski definition) is 2. The van der Waals surface area contributed by atoms with Crippen molar-refractivity contribution < 1.29 is 10.2 Å². The summed E-state index contributed by atoms with van der Waals surface area (Å²) in [5.74, 6) is 1.28. The molecule has 2 N–H and O–H groups in total. The average Bonchev–Trinajstić information content (AvgIpc) is 3.34. The van der Waals surface area contributed by atoms with E-state index in [2.05, 4.69) is 54.3 Å². The number of unbranched alkanes of at least 4 members (excludes halogenated alkanes) is 1. The van der Waals surface area contributed by atoms with Crippen LogP contribution in [0.5, 0.6) is 0 Å². The normalized spacial score (nSPS) is 29.4. The molecule has 188 valence electrons. The first-order valence-corrected chi connectivity index (χ1v) is 14.0. The summed E-state index contributed by atoms with van der Waals surface area (Å²) in [6, 6.07) is 9.23. The number of piperidine rings is 1. The van der Waals surface area contributed by atoms with Crippen molar-refractivity contribution >= 4 is 0 Å². The minimum Gasteiger partial charge on any atom is -0.392 e. The number of aryl methyl sites for hydroxylation is 1. The van der Waals surface area contributed by atoms with Gasteiger partial charge in [0.15, 0.2) is 0 Å². The Bertz CT molecular complexity index is 836. The fourth-order valence-corrected chi connectivity index (χ4v) is 6.49. The van der Waals surface area contributed by atoms with Crippen molar-refractivity contribution in [2.45, 2.75) is 103 Å². The summed E-state index contributed by atoms with van der Waals surface area (Å²) in [6.07, 6.45) is 18.6. The van der Waals surface area contributed by atoms with E-state index in [-0.39, 0.29) is 12.0 Å². The lowest BCUT2D eigenvalue weighted by Crippen LogP contribution is -2.29. The molecule has 3 heteroatoms. The number of aliphatic hydroxyl groups is 2. The predicted molar refractivity (Wildman–Crippen MR) is 142 cm³/mol. The highest BCUT2D eigenvalue weighted by molar-refractivity contribution is 5.26. The summed E-state index contributed by atoms with van der Waals surface area (Å²) in [5.41, 5.74) is 3.87. The highest BCUT2D eigenvalue weighted by Gasteiger charge is 2.43. The molecule has 0 bridgehead atoms. The van der Waals surface area contributed by atoms with Crippen molar-refractivity contribution in [2.24, 2.45) is 17.8 Å². The SMILES string of the molecule is CCCC[C@](C)(O)CC=C[C@@H]1[C@H]2CC(CCc3cccc(CN4CCCCC4)c3)=C[C@H]2C[C@H]1O. The van der Waals surface area contributed by atoms with Crippen molar-refractivity contribution in [3.63, 3.8) is 0 Å². The van der Waals surface area contributed by atoms with Gasteiger partial charge in [0, 0.05) is 12.5 Å². The van der Waals surface area contributed by atoms with Gasteiger partial charge < -0.3 is 10.2 Å². The van der Waals surface area contributed by atoms with Crippen molar-refractivity contribution in [2.75, 3.05) is 13.1 Å². The maximum Gasteiger partial charge on any atom is 0.0654 e. The smallest absolute Gasteiger partial charge is 0.0654 e. The van der Waals surface area contributed by atoms with E-state index in [4.69, 9.17) is 0 Å². The van der Waals surface area contributed by atoms with Crippen LogP contribution in [0.4, 0.5) is 0 Å². The number of aliphatic hydroxyl groups excluding tert-OH is 1. The molecule has 1 saturated heterocycles. The number of allylic oxidation sites excluding steroid dienone is 2. The van der Waals surface area contributed by atoms with Crippen LogP contribution in [-0.2, 0) is 13.0 Å². The highest BCUT2D eigenvalue weighted by atomic mass is 16.3. The quantitative estimate of drug-likeness (QED) is 0.370. The molecule has 1 saturated carbocycles. The van der Waals surface area contributed by atoms with Gasteiger partial charge in [0.25, 0.3) is 0 Å². The molecule has 0 spiro atoms. The number of hydrogen-bond acceptors (Lipinski definition) is 3. The number of benzene rings is 1. The minimum absolute atomic E-state index is 0.230. The summed E-state index contributed by atoms with van der Waals surface area (Å²) in [6.45, 7) is 7.70. The molecule has 1 aliphatic heterocycles. The lowest BCUT2D eigenvalue weighted by Gasteiger charge is -2.26. The minimum atomic E-state index is -0.628. The van der Waals surface area contributed by atoms with Crippen LogP contribution in [0.1, 0.15) is 89.2 Å². The third-order valence-electron chi connectivity index (χ3n) is 8.52. The average molecular weight is 466 g/mol. The predicted octanol–water partition coefficient (Wildman–Crippen LogP) is 6.44. The number of fused-ring (bicyclic) bond motifs is 1. The molecule has 1 aromatic rings. The van der Waals surface area contributed by atoms with Crippen molar-refractivity contribution in [1.29, 1.82) is 0 Å². The van der Waals surface area contributed by atoms with E-state index in [1.807, 2.05) is 6.92 Å². The standard InChI is InChI=1S/C31H47NO2/c1-3-4-15-31(2,34)16-9-12-28-29-21-25(20-27(29)22-30(28)33)14-13-24-10-8-11-26(19-24)23-32-17-6-5-7-18-32/h8-12,19-20,27-30,33-34H,3-7,13-18,21-23H2,1-2H3/t27-,28+,29-,30+,31-/m0/s1. The van der Waals surface area contributed by atoms with Gasteiger partial charge >= 0.3 is 0 Å². The van der Waals surface area contributed by atoms with Crippen LogP contribution in [0, 0.1) is 17.8 Å². The first-order valence-electron chi connectivity index (χ1n) is 14.0. The third-order valence-corrected chi connectivity index (χ3v) is 8.52. The van der Waals surface area contributed by atoms with Crippen LogP contribution in [0.2, 0.25) is 0 Å². The Morgan fingerprint density at radius 1 is 1.12 bits per heavy atom. The van der Waals surface area contributed by atoms with Gasteiger partial charge in [-0.15, -0.1) is 0 Å². The second-order valence-electron chi connectivity index (χ2n) is 11.6. The van der Waals surface area contributed by atoms with E-state index >= 15 is 0 Å².